The van der Waals surface area contributed by atoms with Gasteiger partial charge in [0.25, 0.3) is 0 Å². The van der Waals surface area contributed by atoms with Gasteiger partial charge in [-0.1, -0.05) is 0 Å². The first-order valence-corrected chi connectivity index (χ1v) is 2.33. The lowest BCUT2D eigenvalue weighted by atomic mass is 10.3. The first-order valence-electron chi connectivity index (χ1n) is 2.33. The molecule has 0 bridgehead atoms. The third-order valence-electron chi connectivity index (χ3n) is 0.729. The Bertz CT molecular complexity index is 134. The molecule has 0 aromatic heterocycles. The average molecular weight is 132 g/mol. The number of nitrogens with one attached hydrogen (secondary N) is 1. The molecule has 0 aliphatic heterocycles. The van der Waals surface area contributed by atoms with Crippen molar-refractivity contribution in [3.8, 4) is 0 Å². The highest BCUT2D eigenvalue weighted by molar-refractivity contribution is 5.81. The van der Waals surface area contributed by atoms with Gasteiger partial charge in [-0.15, -0.1) is 0 Å². The van der Waals surface area contributed by atoms with Crippen molar-refractivity contribution < 1.29 is 14.7 Å². The maximum atomic E-state index is 9.96. The molecular weight excluding hydrogens is 124 g/mol. The standard InChI is InChI=1S/C4H8N2O3/c1-2(3(7)8)6-4(5)9/h2H,1H3,(H,7,8)(H3,5,6,9)/t2-/m0/s1. The molecule has 0 heterocycles. The lowest BCUT2D eigenvalue weighted by Gasteiger charge is -2.04. The molecule has 0 saturated heterocycles. The van der Waals surface area contributed by atoms with Crippen LogP contribution in [0.4, 0.5) is 4.79 Å². The molecule has 0 aromatic carbocycles. The van der Waals surface area contributed by atoms with E-state index in [1.807, 2.05) is 5.32 Å². The van der Waals surface area contributed by atoms with E-state index in [0.717, 1.165) is 0 Å². The molecule has 0 unspecified atom stereocenters. The van der Waals surface area contributed by atoms with Crippen LogP contribution in [0.25, 0.3) is 0 Å². The second kappa shape index (κ2) is 2.91. The number of hydrogen-bond donors (Lipinski definition) is 3. The molecule has 5 nitrogen and oxygen atoms in total. The average Bonchev–Trinajstić information content (AvgIpc) is 1.63. The fourth-order valence-electron chi connectivity index (χ4n) is 0.275. The van der Waals surface area contributed by atoms with E-state index in [-0.39, 0.29) is 0 Å². The van der Waals surface area contributed by atoms with Crippen molar-refractivity contribution in [2.45, 2.75) is 13.0 Å². The minimum Gasteiger partial charge on any atom is -0.480 e. The second-order valence-electron chi connectivity index (χ2n) is 1.57. The number of carboxylic acids is 1. The molecular formula is C4H8N2O3. The predicted molar refractivity (Wildman–Crippen MR) is 29.8 cm³/mol. The molecule has 4 N–H and O–H groups in total. The number of carboxylic acid groups (broad SMARTS) is 1. The van der Waals surface area contributed by atoms with Crippen molar-refractivity contribution in [2.75, 3.05) is 0 Å². The Morgan fingerprint density at radius 3 is 2.22 bits per heavy atom. The van der Waals surface area contributed by atoms with Crippen LogP contribution in [0.1, 0.15) is 6.92 Å². The van der Waals surface area contributed by atoms with Gasteiger partial charge < -0.3 is 16.2 Å². The summed E-state index contributed by atoms with van der Waals surface area (Å²) in [4.78, 5) is 19.9. The molecule has 0 aromatic rings. The van der Waals surface area contributed by atoms with Crippen LogP contribution in [0.15, 0.2) is 0 Å². The van der Waals surface area contributed by atoms with E-state index in [1.54, 1.807) is 0 Å². The van der Waals surface area contributed by atoms with Gasteiger partial charge >= 0.3 is 12.0 Å². The number of primary amides is 1. The summed E-state index contributed by atoms with van der Waals surface area (Å²) < 4.78 is 0. The number of nitrogens with two attached hydrogens (primary N) is 1. The maximum Gasteiger partial charge on any atom is 0.325 e. The van der Waals surface area contributed by atoms with Crippen LogP contribution in [-0.2, 0) is 4.79 Å². The quantitative estimate of drug-likeness (QED) is 0.456. The van der Waals surface area contributed by atoms with Gasteiger partial charge in [0.05, 0.1) is 0 Å². The van der Waals surface area contributed by atoms with Crippen LogP contribution in [0.3, 0.4) is 0 Å². The molecule has 0 fully saturated rings. The summed E-state index contributed by atoms with van der Waals surface area (Å²) in [7, 11) is 0. The van der Waals surface area contributed by atoms with E-state index >= 15 is 0 Å². The molecule has 2 amide bonds. The summed E-state index contributed by atoms with van der Waals surface area (Å²) in [6.07, 6.45) is 0. The number of rotatable bonds is 2. The van der Waals surface area contributed by atoms with Crippen molar-refractivity contribution in [3.63, 3.8) is 0 Å². The van der Waals surface area contributed by atoms with Crippen molar-refractivity contribution in [3.05, 3.63) is 0 Å². The van der Waals surface area contributed by atoms with E-state index in [9.17, 15) is 9.59 Å². The van der Waals surface area contributed by atoms with E-state index in [2.05, 4.69) is 5.73 Å². The van der Waals surface area contributed by atoms with E-state index in [1.165, 1.54) is 6.92 Å². The number of carbonyl (C=O) groups is 2. The lowest BCUT2D eigenvalue weighted by molar-refractivity contribution is -0.138. The number of carbonyl (C=O) groups excluding carboxylic acids is 1. The molecule has 0 aliphatic carbocycles. The Morgan fingerprint density at radius 2 is 2.11 bits per heavy atom. The largest absolute Gasteiger partial charge is 0.480 e. The van der Waals surface area contributed by atoms with Crippen LogP contribution in [0, 0.1) is 0 Å². The Balaban J connectivity index is 3.63. The highest BCUT2D eigenvalue weighted by atomic mass is 16.4. The Morgan fingerprint density at radius 1 is 1.67 bits per heavy atom. The lowest BCUT2D eigenvalue weighted by Crippen LogP contribution is -2.41. The zero-order chi connectivity index (χ0) is 7.44. The molecule has 0 rings (SSSR count). The predicted octanol–water partition coefficient (Wildman–Crippen LogP) is -0.872. The smallest absolute Gasteiger partial charge is 0.325 e. The van der Waals surface area contributed by atoms with Gasteiger partial charge in [0, 0.05) is 0 Å². The highest BCUT2D eigenvalue weighted by Crippen LogP contribution is 1.77. The Kier molecular flexibility index (Phi) is 2.50. The van der Waals surface area contributed by atoms with Gasteiger partial charge in [0.1, 0.15) is 6.04 Å². The number of urea groups is 1. The van der Waals surface area contributed by atoms with Gasteiger partial charge in [-0.2, -0.15) is 0 Å². The summed E-state index contributed by atoms with van der Waals surface area (Å²) in [6, 6.07) is -1.74. The summed E-state index contributed by atoms with van der Waals surface area (Å²) in [5.74, 6) is -1.10. The van der Waals surface area contributed by atoms with Gasteiger partial charge in [0.2, 0.25) is 0 Å². The van der Waals surface area contributed by atoms with E-state index in [4.69, 9.17) is 5.11 Å². The zero-order valence-corrected chi connectivity index (χ0v) is 4.92. The number of hydrogen-bond acceptors (Lipinski definition) is 2. The van der Waals surface area contributed by atoms with E-state index in [0.29, 0.717) is 0 Å². The van der Waals surface area contributed by atoms with Crippen molar-refractivity contribution in [1.29, 1.82) is 0 Å². The molecule has 1 atom stereocenters. The van der Waals surface area contributed by atoms with Crippen LogP contribution in [-0.4, -0.2) is 23.1 Å². The molecule has 0 saturated carbocycles. The SMILES string of the molecule is C[C@H](NC(N)=O)C(=O)O. The fraction of sp³-hybridized carbons (Fsp3) is 0.500. The number of aliphatic carboxylic acids is 1. The first-order chi connectivity index (χ1) is 4.04. The second-order valence-corrected chi connectivity index (χ2v) is 1.57. The maximum absolute atomic E-state index is 9.96. The minimum atomic E-state index is -1.10. The van der Waals surface area contributed by atoms with Gasteiger partial charge in [-0.25, -0.2) is 4.79 Å². The Hall–Kier alpha value is -1.26. The van der Waals surface area contributed by atoms with Crippen molar-refractivity contribution in [1.82, 2.24) is 5.32 Å². The highest BCUT2D eigenvalue weighted by Gasteiger charge is 2.10. The summed E-state index contributed by atoms with van der Waals surface area (Å²) in [6.45, 7) is 1.33. The topological polar surface area (TPSA) is 92.4 Å². The third-order valence-corrected chi connectivity index (χ3v) is 0.729. The molecule has 0 radical (unpaired) electrons. The summed E-state index contributed by atoms with van der Waals surface area (Å²) in [5, 5.41) is 10.1. The summed E-state index contributed by atoms with van der Waals surface area (Å²) >= 11 is 0. The molecule has 9 heavy (non-hydrogen) atoms. The van der Waals surface area contributed by atoms with Gasteiger partial charge in [-0.3, -0.25) is 4.79 Å². The molecule has 0 spiro atoms. The monoisotopic (exact) mass is 132 g/mol. The number of amides is 2. The van der Waals surface area contributed by atoms with Gasteiger partial charge in [-0.05, 0) is 6.92 Å². The zero-order valence-electron chi connectivity index (χ0n) is 4.92. The van der Waals surface area contributed by atoms with Crippen LogP contribution in [0.5, 0.6) is 0 Å². The fourth-order valence-corrected chi connectivity index (χ4v) is 0.275. The third kappa shape index (κ3) is 3.33. The molecule has 52 valence electrons. The van der Waals surface area contributed by atoms with Gasteiger partial charge in [0.15, 0.2) is 0 Å². The normalized spacial score (nSPS) is 12.1. The molecule has 5 heteroatoms. The Labute approximate surface area is 51.8 Å². The van der Waals surface area contributed by atoms with E-state index < -0.39 is 18.0 Å². The van der Waals surface area contributed by atoms with Crippen LogP contribution >= 0.6 is 0 Å². The first kappa shape index (κ1) is 7.74. The van der Waals surface area contributed by atoms with Crippen LogP contribution < -0.4 is 11.1 Å². The minimum absolute atomic E-state index is 0.829. The van der Waals surface area contributed by atoms with Crippen molar-refractivity contribution >= 4 is 12.0 Å². The van der Waals surface area contributed by atoms with Crippen molar-refractivity contribution in [2.24, 2.45) is 5.73 Å². The molecule has 0 aliphatic rings. The van der Waals surface area contributed by atoms with Crippen LogP contribution in [0.2, 0.25) is 0 Å². The summed E-state index contributed by atoms with van der Waals surface area (Å²) in [5.41, 5.74) is 4.62.